The Labute approximate surface area is 211 Å². The molecule has 13 nitrogen and oxygen atoms in total. The highest BCUT2D eigenvalue weighted by molar-refractivity contribution is 5.82. The van der Waals surface area contributed by atoms with Gasteiger partial charge in [0.05, 0.1) is 38.1 Å². The van der Waals surface area contributed by atoms with E-state index in [1.165, 1.54) is 0 Å². The maximum atomic E-state index is 12.3. The number of nitrogens with zero attached hydrogens (tertiary/aromatic N) is 1. The third-order valence-electron chi connectivity index (χ3n) is 5.14. The summed E-state index contributed by atoms with van der Waals surface area (Å²) in [7, 11) is 0. The van der Waals surface area contributed by atoms with E-state index in [-0.39, 0.29) is 25.5 Å². The van der Waals surface area contributed by atoms with Crippen LogP contribution >= 0.6 is 0 Å². The molecule has 0 saturated carbocycles. The summed E-state index contributed by atoms with van der Waals surface area (Å²) in [5.74, 6) is -4.33. The van der Waals surface area contributed by atoms with Gasteiger partial charge in [-0.1, -0.05) is 0 Å². The molecule has 0 amide bonds. The lowest BCUT2D eigenvalue weighted by Crippen LogP contribution is -2.63. The molecular formula is C23H42N3O10+. The second-order valence-electron chi connectivity index (χ2n) is 9.37. The number of piperidine rings is 1. The highest BCUT2D eigenvalue weighted by atomic mass is 16.5. The zero-order valence-corrected chi connectivity index (χ0v) is 21.8. The summed E-state index contributed by atoms with van der Waals surface area (Å²) in [6.45, 7) is 9.87. The maximum absolute atomic E-state index is 12.3. The molecular weight excluding hydrogens is 478 g/mol. The summed E-state index contributed by atoms with van der Waals surface area (Å²) in [6, 6.07) is -2.01. The summed E-state index contributed by atoms with van der Waals surface area (Å²) in [5.41, 5.74) is 0. The summed E-state index contributed by atoms with van der Waals surface area (Å²) < 4.78 is 10.8. The molecule has 5 N–H and O–H groups in total. The van der Waals surface area contributed by atoms with Crippen molar-refractivity contribution in [1.29, 1.82) is 0 Å². The smallest absolute Gasteiger partial charge is 0.324 e. The van der Waals surface area contributed by atoms with Crippen LogP contribution in [0.2, 0.25) is 0 Å². The summed E-state index contributed by atoms with van der Waals surface area (Å²) in [6.07, 6.45) is 1.31. The second-order valence-corrected chi connectivity index (χ2v) is 9.37. The number of carbonyl (C=O) groups is 5. The average Bonchev–Trinajstić information content (AvgIpc) is 2.73. The Morgan fingerprint density at radius 3 is 1.33 bits per heavy atom. The van der Waals surface area contributed by atoms with Gasteiger partial charge in [0.25, 0.3) is 5.97 Å². The van der Waals surface area contributed by atoms with Gasteiger partial charge in [-0.15, -0.1) is 0 Å². The first-order chi connectivity index (χ1) is 16.7. The Bertz CT molecular complexity index is 684. The summed E-state index contributed by atoms with van der Waals surface area (Å²) in [5, 5.41) is 31.9. The van der Waals surface area contributed by atoms with Crippen LogP contribution in [0, 0.1) is 0 Å². The Kier molecular flexibility index (Phi) is 15.5. The number of esters is 2. The molecule has 0 aromatic rings. The van der Waals surface area contributed by atoms with Crippen LogP contribution in [0.15, 0.2) is 0 Å². The second kappa shape index (κ2) is 16.8. The molecule has 13 heteroatoms. The van der Waals surface area contributed by atoms with Gasteiger partial charge < -0.3 is 24.8 Å². The first-order valence-electron chi connectivity index (χ1n) is 12.0. The number of nitrogens with one attached hydrogen (secondary N) is 2. The fourth-order valence-electron chi connectivity index (χ4n) is 3.62. The van der Waals surface area contributed by atoms with Crippen LogP contribution in [0.4, 0.5) is 0 Å². The summed E-state index contributed by atoms with van der Waals surface area (Å²) >= 11 is 0. The average molecular weight is 521 g/mol. The van der Waals surface area contributed by atoms with E-state index < -0.39 is 54.8 Å². The molecule has 0 aliphatic carbocycles. The van der Waals surface area contributed by atoms with Crippen LogP contribution in [0.5, 0.6) is 0 Å². The third-order valence-corrected chi connectivity index (χ3v) is 5.14. The minimum atomic E-state index is -1.12. The highest BCUT2D eigenvalue weighted by Gasteiger charge is 2.35. The molecule has 1 aliphatic rings. The van der Waals surface area contributed by atoms with Crippen molar-refractivity contribution in [3.63, 3.8) is 0 Å². The van der Waals surface area contributed by atoms with Gasteiger partial charge in [-0.3, -0.25) is 39.1 Å². The fourth-order valence-corrected chi connectivity index (χ4v) is 3.62. The van der Waals surface area contributed by atoms with Crippen LogP contribution in [0.1, 0.15) is 66.7 Å². The standard InChI is InChI=1S/C21H37N3O8.C2H4O2/c1-14(2)31-20(29)16(10-18(25)26)22-12-24(8-6-5-7-9-24)13-23-17(11-19(27)28)21(30)32-15(3)4;1-2(3)4/h14-17,22-23H,5-13H2,1-4H3,(H-,25,26,27,28);1H3,(H,3,4)/p+1. The molecule has 2 atom stereocenters. The molecule has 208 valence electrons. The first kappa shape index (κ1) is 33.2. The predicted octanol–water partition coefficient (Wildman–Crippen LogP) is 0.762. The highest BCUT2D eigenvalue weighted by Crippen LogP contribution is 2.18. The van der Waals surface area contributed by atoms with Crippen LogP contribution in [0.3, 0.4) is 0 Å². The number of aliphatic carboxylic acids is 3. The number of hydrogen-bond acceptors (Lipinski definition) is 9. The number of carboxylic acid groups (broad SMARTS) is 3. The van der Waals surface area contributed by atoms with Crippen molar-refractivity contribution in [2.45, 2.75) is 91.0 Å². The molecule has 1 rings (SSSR count). The van der Waals surface area contributed by atoms with Crippen molar-refractivity contribution in [3.05, 3.63) is 0 Å². The van der Waals surface area contributed by atoms with Gasteiger partial charge >= 0.3 is 23.9 Å². The van der Waals surface area contributed by atoms with E-state index in [0.29, 0.717) is 4.48 Å². The van der Waals surface area contributed by atoms with E-state index in [0.717, 1.165) is 39.3 Å². The largest absolute Gasteiger partial charge is 0.481 e. The lowest BCUT2D eigenvalue weighted by Gasteiger charge is -2.42. The Balaban J connectivity index is 0.00000283. The van der Waals surface area contributed by atoms with E-state index in [4.69, 9.17) is 19.4 Å². The van der Waals surface area contributed by atoms with Crippen LogP contribution in [-0.4, -0.2) is 100 Å². The molecule has 1 fully saturated rings. The van der Waals surface area contributed by atoms with Gasteiger partial charge in [-0.05, 0) is 47.0 Å². The summed E-state index contributed by atoms with van der Waals surface area (Å²) in [4.78, 5) is 56.2. The van der Waals surface area contributed by atoms with Crippen molar-refractivity contribution in [1.82, 2.24) is 10.6 Å². The van der Waals surface area contributed by atoms with Gasteiger partial charge in [0.1, 0.15) is 25.4 Å². The zero-order chi connectivity index (χ0) is 27.9. The molecule has 2 unspecified atom stereocenters. The van der Waals surface area contributed by atoms with Gasteiger partial charge in [-0.25, -0.2) is 0 Å². The molecule has 36 heavy (non-hydrogen) atoms. The number of rotatable bonds is 14. The Morgan fingerprint density at radius 1 is 0.722 bits per heavy atom. The molecule has 0 radical (unpaired) electrons. The lowest BCUT2D eigenvalue weighted by molar-refractivity contribution is -0.937. The zero-order valence-electron chi connectivity index (χ0n) is 21.8. The maximum Gasteiger partial charge on any atom is 0.324 e. The lowest BCUT2D eigenvalue weighted by atomic mass is 10.1. The van der Waals surface area contributed by atoms with Crippen LogP contribution in [-0.2, 0) is 33.4 Å². The monoisotopic (exact) mass is 520 g/mol. The number of carbonyl (C=O) groups excluding carboxylic acids is 2. The van der Waals surface area contributed by atoms with Crippen molar-refractivity contribution >= 4 is 29.8 Å². The quantitative estimate of drug-likeness (QED) is 0.160. The van der Waals surface area contributed by atoms with E-state index >= 15 is 0 Å². The van der Waals surface area contributed by atoms with E-state index in [1.807, 2.05) is 0 Å². The SMILES string of the molecule is CC(=O)O.CC(C)OC(=O)C(CC(=O)O)NC[N+]1(CNC(CC(=O)O)C(=O)OC(C)C)CCCCC1. The topological polar surface area (TPSA) is 189 Å². The van der Waals surface area contributed by atoms with Crippen LogP contribution < -0.4 is 10.6 Å². The Morgan fingerprint density at radius 2 is 1.06 bits per heavy atom. The molecule has 0 aromatic carbocycles. The number of carboxylic acids is 3. The normalized spacial score (nSPS) is 16.3. The molecule has 1 heterocycles. The van der Waals surface area contributed by atoms with Crippen LogP contribution in [0.25, 0.3) is 0 Å². The molecule has 1 aliphatic heterocycles. The Hall–Kier alpha value is -2.77. The van der Waals surface area contributed by atoms with Gasteiger partial charge in [0, 0.05) is 6.92 Å². The van der Waals surface area contributed by atoms with Gasteiger partial charge in [0.15, 0.2) is 0 Å². The first-order valence-corrected chi connectivity index (χ1v) is 12.0. The number of quaternary nitrogens is 1. The van der Waals surface area contributed by atoms with Gasteiger partial charge in [0.2, 0.25) is 0 Å². The predicted molar refractivity (Wildman–Crippen MR) is 128 cm³/mol. The van der Waals surface area contributed by atoms with Crippen molar-refractivity contribution in [2.24, 2.45) is 0 Å². The van der Waals surface area contributed by atoms with Crippen molar-refractivity contribution in [2.75, 3.05) is 26.4 Å². The molecule has 0 spiro atoms. The fraction of sp³-hybridized carbons (Fsp3) is 0.783. The molecule has 0 bridgehead atoms. The van der Waals surface area contributed by atoms with Gasteiger partial charge in [-0.2, -0.15) is 0 Å². The van der Waals surface area contributed by atoms with E-state index in [9.17, 15) is 29.4 Å². The molecule has 0 aromatic heterocycles. The van der Waals surface area contributed by atoms with Crippen molar-refractivity contribution in [3.8, 4) is 0 Å². The molecule has 1 saturated heterocycles. The third kappa shape index (κ3) is 15.3. The minimum Gasteiger partial charge on any atom is -0.481 e. The number of hydrogen-bond donors (Lipinski definition) is 5. The number of ether oxygens (including phenoxy) is 2. The van der Waals surface area contributed by atoms with E-state index in [1.54, 1.807) is 27.7 Å². The van der Waals surface area contributed by atoms with E-state index in [2.05, 4.69) is 10.6 Å². The van der Waals surface area contributed by atoms with Crippen molar-refractivity contribution < 1.29 is 53.2 Å². The number of likely N-dealkylation sites (tertiary alicyclic amines) is 1. The minimum absolute atomic E-state index is 0.275.